The topological polar surface area (TPSA) is 154 Å². The number of unbranched alkanes of at least 4 members (excludes halogenated alkanes) is 3. The van der Waals surface area contributed by atoms with Gasteiger partial charge in [-0.3, -0.25) is 14.2 Å². The number of hydrogen-bond acceptors (Lipinski definition) is 9. The standard InChI is InChI=1S/C37H61N9O3/c1-7-8-21-40-35-42-33(38)32-34(43-35)46(36(49)41-32)27-28-14-16-29(17-15-28)30(47)18-19-31(48)39-22-13-26-45(6)25-12-11-24-44(5)23-10-9-20-37(2,3)4/h14-17H,7-13,18-27H2,1-6H3,(H,39,48)(H,41,49)(H3,38,40,42,43). The third-order valence-electron chi connectivity index (χ3n) is 8.74. The van der Waals surface area contributed by atoms with Gasteiger partial charge in [0.25, 0.3) is 0 Å². The average Bonchev–Trinajstić information content (AvgIpc) is 3.37. The molecule has 0 radical (unpaired) electrons. The predicted octanol–water partition coefficient (Wildman–Crippen LogP) is 5.29. The highest BCUT2D eigenvalue weighted by Gasteiger charge is 2.15. The molecule has 49 heavy (non-hydrogen) atoms. The van der Waals surface area contributed by atoms with Crippen molar-refractivity contribution in [3.63, 3.8) is 0 Å². The van der Waals surface area contributed by atoms with E-state index >= 15 is 0 Å². The highest BCUT2D eigenvalue weighted by molar-refractivity contribution is 5.98. The second kappa shape index (κ2) is 20.0. The van der Waals surface area contributed by atoms with Gasteiger partial charge in [-0.2, -0.15) is 9.97 Å². The summed E-state index contributed by atoms with van der Waals surface area (Å²) in [6.07, 6.45) is 9.37. The van der Waals surface area contributed by atoms with Crippen molar-refractivity contribution in [1.29, 1.82) is 0 Å². The number of anilines is 2. The summed E-state index contributed by atoms with van der Waals surface area (Å²) in [7, 11) is 4.36. The highest BCUT2D eigenvalue weighted by Crippen LogP contribution is 2.21. The number of aromatic amines is 1. The molecule has 3 rings (SSSR count). The lowest BCUT2D eigenvalue weighted by Gasteiger charge is -2.21. The Labute approximate surface area is 292 Å². The number of fused-ring (bicyclic) bond motifs is 1. The lowest BCUT2D eigenvalue weighted by molar-refractivity contribution is -0.121. The van der Waals surface area contributed by atoms with E-state index in [0.29, 0.717) is 41.2 Å². The number of nitrogens with one attached hydrogen (secondary N) is 3. The number of ketones is 1. The zero-order valence-electron chi connectivity index (χ0n) is 30.9. The van der Waals surface area contributed by atoms with Crippen LogP contribution >= 0.6 is 0 Å². The molecule has 0 aliphatic carbocycles. The summed E-state index contributed by atoms with van der Waals surface area (Å²) in [5.41, 5.74) is 8.36. The number of carbonyl (C=O) groups is 2. The van der Waals surface area contributed by atoms with E-state index in [0.717, 1.165) is 44.5 Å². The van der Waals surface area contributed by atoms with Gasteiger partial charge in [-0.05, 0) is 89.8 Å². The van der Waals surface area contributed by atoms with Crippen LogP contribution in [-0.2, 0) is 11.3 Å². The molecular formula is C37H61N9O3. The van der Waals surface area contributed by atoms with E-state index in [2.05, 4.69) is 77.2 Å². The van der Waals surface area contributed by atoms with Crippen molar-refractivity contribution >= 4 is 34.6 Å². The number of amides is 1. The SMILES string of the molecule is CCCCNc1nc(N)c2[nH]c(=O)n(Cc3ccc(C(=O)CCC(=O)NCCCN(C)CCCCN(C)CCCCC(C)(C)C)cc3)c2n1. The van der Waals surface area contributed by atoms with Crippen molar-refractivity contribution in [3.8, 4) is 0 Å². The summed E-state index contributed by atoms with van der Waals surface area (Å²) in [6.45, 7) is 14.9. The normalized spacial score (nSPS) is 11.9. The Balaban J connectivity index is 1.32. The molecule has 2 heterocycles. The van der Waals surface area contributed by atoms with Crippen LogP contribution in [0.15, 0.2) is 29.1 Å². The Hall–Kier alpha value is -3.77. The molecule has 2 aromatic heterocycles. The lowest BCUT2D eigenvalue weighted by Crippen LogP contribution is -2.29. The number of hydrogen-bond donors (Lipinski definition) is 4. The number of nitrogen functional groups attached to an aromatic ring is 1. The summed E-state index contributed by atoms with van der Waals surface area (Å²) in [6, 6.07) is 7.10. The van der Waals surface area contributed by atoms with E-state index < -0.39 is 0 Å². The maximum atomic E-state index is 12.8. The van der Waals surface area contributed by atoms with E-state index in [1.54, 1.807) is 12.1 Å². The van der Waals surface area contributed by atoms with Gasteiger partial charge < -0.3 is 31.2 Å². The molecule has 0 fully saturated rings. The van der Waals surface area contributed by atoms with Gasteiger partial charge in [-0.15, -0.1) is 0 Å². The lowest BCUT2D eigenvalue weighted by atomic mass is 9.90. The minimum Gasteiger partial charge on any atom is -0.382 e. The fourth-order valence-corrected chi connectivity index (χ4v) is 5.69. The predicted molar refractivity (Wildman–Crippen MR) is 200 cm³/mol. The Bertz CT molecular complexity index is 1510. The van der Waals surface area contributed by atoms with Gasteiger partial charge in [0.2, 0.25) is 11.9 Å². The third-order valence-corrected chi connectivity index (χ3v) is 8.74. The minimum atomic E-state index is -0.337. The van der Waals surface area contributed by atoms with Crippen molar-refractivity contribution in [2.24, 2.45) is 5.41 Å². The van der Waals surface area contributed by atoms with Gasteiger partial charge in [0.1, 0.15) is 5.52 Å². The van der Waals surface area contributed by atoms with Crippen molar-refractivity contribution in [3.05, 3.63) is 45.9 Å². The summed E-state index contributed by atoms with van der Waals surface area (Å²) in [5, 5.41) is 6.11. The molecule has 0 saturated heterocycles. The number of nitrogens with two attached hydrogens (primary N) is 1. The van der Waals surface area contributed by atoms with Gasteiger partial charge in [-0.25, -0.2) is 4.79 Å². The fourth-order valence-electron chi connectivity index (χ4n) is 5.69. The van der Waals surface area contributed by atoms with Crippen molar-refractivity contribution in [2.75, 3.05) is 64.4 Å². The number of H-pyrrole nitrogens is 1. The third kappa shape index (κ3) is 14.3. The quantitative estimate of drug-likeness (QED) is 0.0773. The number of nitrogens with zero attached hydrogens (tertiary/aromatic N) is 5. The second-order valence-corrected chi connectivity index (χ2v) is 14.6. The van der Waals surface area contributed by atoms with Crippen LogP contribution < -0.4 is 22.1 Å². The molecule has 0 bridgehead atoms. The molecule has 12 heteroatoms. The molecule has 1 aromatic carbocycles. The molecule has 1 amide bonds. The van der Waals surface area contributed by atoms with Crippen molar-refractivity contribution < 1.29 is 9.59 Å². The monoisotopic (exact) mass is 679 g/mol. The van der Waals surface area contributed by atoms with Crippen molar-refractivity contribution in [2.45, 2.75) is 98.4 Å². The van der Waals surface area contributed by atoms with Gasteiger partial charge in [0.15, 0.2) is 17.2 Å². The second-order valence-electron chi connectivity index (χ2n) is 14.6. The van der Waals surface area contributed by atoms with E-state index in [1.807, 2.05) is 12.1 Å². The first kappa shape index (κ1) is 39.7. The molecule has 5 N–H and O–H groups in total. The molecule has 0 atom stereocenters. The number of rotatable bonds is 23. The van der Waals surface area contributed by atoms with Crippen LogP contribution in [0.5, 0.6) is 0 Å². The van der Waals surface area contributed by atoms with E-state index in [1.165, 1.54) is 43.2 Å². The van der Waals surface area contributed by atoms with Gasteiger partial charge in [-0.1, -0.05) is 64.8 Å². The van der Waals surface area contributed by atoms with Crippen LogP contribution in [0.25, 0.3) is 11.2 Å². The van der Waals surface area contributed by atoms with Crippen LogP contribution in [-0.4, -0.2) is 94.4 Å². The van der Waals surface area contributed by atoms with E-state index in [9.17, 15) is 14.4 Å². The molecule has 0 unspecified atom stereocenters. The average molecular weight is 680 g/mol. The first-order valence-corrected chi connectivity index (χ1v) is 18.1. The molecule has 0 aliphatic heterocycles. The maximum absolute atomic E-state index is 12.8. The largest absolute Gasteiger partial charge is 0.382 e. The van der Waals surface area contributed by atoms with Gasteiger partial charge in [0.05, 0.1) is 6.54 Å². The number of imidazole rings is 1. The van der Waals surface area contributed by atoms with Crippen LogP contribution in [0.3, 0.4) is 0 Å². The fraction of sp³-hybridized carbons (Fsp3) is 0.649. The number of benzene rings is 1. The van der Waals surface area contributed by atoms with Crippen LogP contribution in [0.1, 0.15) is 108 Å². The molecular weight excluding hydrogens is 618 g/mol. The van der Waals surface area contributed by atoms with Crippen LogP contribution in [0.4, 0.5) is 11.8 Å². The Morgan fingerprint density at radius 3 is 2.14 bits per heavy atom. The number of carbonyl (C=O) groups excluding carboxylic acids is 2. The zero-order valence-corrected chi connectivity index (χ0v) is 30.9. The first-order valence-electron chi connectivity index (χ1n) is 18.1. The summed E-state index contributed by atoms with van der Waals surface area (Å²) in [5.74, 6) is 0.385. The molecule has 272 valence electrons. The van der Waals surface area contributed by atoms with Crippen molar-refractivity contribution in [1.82, 2.24) is 34.6 Å². The number of aromatic nitrogens is 4. The summed E-state index contributed by atoms with van der Waals surface area (Å²) in [4.78, 5) is 54.2. The highest BCUT2D eigenvalue weighted by atomic mass is 16.2. The molecule has 0 saturated carbocycles. The summed E-state index contributed by atoms with van der Waals surface area (Å²) >= 11 is 0. The Kier molecular flexibility index (Phi) is 16.2. The summed E-state index contributed by atoms with van der Waals surface area (Å²) < 4.78 is 1.51. The zero-order chi connectivity index (χ0) is 35.8. The van der Waals surface area contributed by atoms with E-state index in [4.69, 9.17) is 5.73 Å². The molecule has 0 spiro atoms. The Morgan fingerprint density at radius 1 is 0.878 bits per heavy atom. The first-order chi connectivity index (χ1) is 23.4. The molecule has 3 aromatic rings. The number of Topliss-reactive ketones (excluding diaryl/α,β-unsaturated/α-hetero) is 1. The minimum absolute atomic E-state index is 0.0930. The van der Waals surface area contributed by atoms with Gasteiger partial charge >= 0.3 is 5.69 Å². The molecule has 0 aliphatic rings. The van der Waals surface area contributed by atoms with Crippen LogP contribution in [0.2, 0.25) is 0 Å². The maximum Gasteiger partial charge on any atom is 0.328 e. The molecule has 12 nitrogen and oxygen atoms in total. The van der Waals surface area contributed by atoms with Crippen LogP contribution in [0, 0.1) is 5.41 Å². The smallest absolute Gasteiger partial charge is 0.328 e. The Morgan fingerprint density at radius 2 is 1.51 bits per heavy atom. The van der Waals surface area contributed by atoms with Gasteiger partial charge in [0, 0.05) is 31.5 Å². The van der Waals surface area contributed by atoms with E-state index in [-0.39, 0.29) is 42.6 Å².